The summed E-state index contributed by atoms with van der Waals surface area (Å²) in [5.74, 6) is 0.183. The fourth-order valence-corrected chi connectivity index (χ4v) is 3.01. The standard InChI is InChI=1S/C16H22N2O4/c1-11-10-22-15-7-12(16(19)17-20)4-5-13(15)8-18(11)9-14-3-2-6-21-14/h4-5,7,11,14,20H,2-3,6,8-10H2,1H3,(H,17,19)/t11-,14?/m0/s1. The van der Waals surface area contributed by atoms with Gasteiger partial charge in [-0.25, -0.2) is 5.48 Å². The van der Waals surface area contributed by atoms with Gasteiger partial charge in [-0.2, -0.15) is 0 Å². The molecule has 1 aromatic carbocycles. The summed E-state index contributed by atoms with van der Waals surface area (Å²) in [7, 11) is 0. The van der Waals surface area contributed by atoms with Gasteiger partial charge in [-0.15, -0.1) is 0 Å². The van der Waals surface area contributed by atoms with Crippen LogP contribution in [0.3, 0.4) is 0 Å². The quantitative estimate of drug-likeness (QED) is 0.655. The summed E-state index contributed by atoms with van der Waals surface area (Å²) in [6.45, 7) is 5.26. The predicted octanol–water partition coefficient (Wildman–Crippen LogP) is 1.57. The molecule has 0 aromatic heterocycles. The Bertz CT molecular complexity index is 543. The van der Waals surface area contributed by atoms with E-state index in [1.807, 2.05) is 6.07 Å². The number of carbonyl (C=O) groups excluding carboxylic acids is 1. The maximum Gasteiger partial charge on any atom is 0.274 e. The molecule has 22 heavy (non-hydrogen) atoms. The zero-order chi connectivity index (χ0) is 15.5. The molecule has 3 rings (SSSR count). The monoisotopic (exact) mass is 306 g/mol. The van der Waals surface area contributed by atoms with Gasteiger partial charge in [-0.1, -0.05) is 6.07 Å². The lowest BCUT2D eigenvalue weighted by molar-refractivity contribution is 0.0509. The molecule has 1 fully saturated rings. The summed E-state index contributed by atoms with van der Waals surface area (Å²) in [5, 5.41) is 8.73. The molecule has 0 radical (unpaired) electrons. The highest BCUT2D eigenvalue weighted by molar-refractivity contribution is 5.93. The summed E-state index contributed by atoms with van der Waals surface area (Å²) in [6.07, 6.45) is 2.56. The first-order valence-electron chi connectivity index (χ1n) is 7.73. The van der Waals surface area contributed by atoms with Crippen LogP contribution in [0.2, 0.25) is 0 Å². The lowest BCUT2D eigenvalue weighted by Crippen LogP contribution is -2.39. The first-order valence-corrected chi connectivity index (χ1v) is 7.73. The molecule has 6 nitrogen and oxygen atoms in total. The SMILES string of the molecule is C[C@H]1COc2cc(C(=O)NO)ccc2CN1CC1CCCO1. The second-order valence-electron chi connectivity index (χ2n) is 5.99. The van der Waals surface area contributed by atoms with Crippen LogP contribution in [0.15, 0.2) is 18.2 Å². The first kappa shape index (κ1) is 15.3. The first-order chi connectivity index (χ1) is 10.7. The van der Waals surface area contributed by atoms with E-state index in [-0.39, 0.29) is 6.04 Å². The fraction of sp³-hybridized carbons (Fsp3) is 0.562. The van der Waals surface area contributed by atoms with Crippen LogP contribution in [0.1, 0.15) is 35.7 Å². The zero-order valence-corrected chi connectivity index (χ0v) is 12.7. The number of hydrogen-bond acceptors (Lipinski definition) is 5. The molecule has 2 heterocycles. The highest BCUT2D eigenvalue weighted by atomic mass is 16.5. The maximum absolute atomic E-state index is 11.5. The second-order valence-corrected chi connectivity index (χ2v) is 5.99. The van der Waals surface area contributed by atoms with Crippen molar-refractivity contribution in [3.05, 3.63) is 29.3 Å². The van der Waals surface area contributed by atoms with Gasteiger partial charge in [0.25, 0.3) is 5.91 Å². The molecular weight excluding hydrogens is 284 g/mol. The molecule has 0 aliphatic carbocycles. The van der Waals surface area contributed by atoms with Crippen LogP contribution in [-0.4, -0.2) is 47.9 Å². The van der Waals surface area contributed by atoms with Gasteiger partial charge in [0, 0.05) is 36.9 Å². The summed E-state index contributed by atoms with van der Waals surface area (Å²) in [4.78, 5) is 13.9. The van der Waals surface area contributed by atoms with E-state index in [2.05, 4.69) is 11.8 Å². The van der Waals surface area contributed by atoms with Gasteiger partial charge in [-0.05, 0) is 31.9 Å². The van der Waals surface area contributed by atoms with Gasteiger partial charge in [0.15, 0.2) is 0 Å². The van der Waals surface area contributed by atoms with E-state index in [1.54, 1.807) is 17.6 Å². The van der Waals surface area contributed by atoms with Crippen LogP contribution in [-0.2, 0) is 11.3 Å². The summed E-state index contributed by atoms with van der Waals surface area (Å²) < 4.78 is 11.6. The number of fused-ring (bicyclic) bond motifs is 1. The molecule has 2 atom stereocenters. The van der Waals surface area contributed by atoms with Crippen molar-refractivity contribution < 1.29 is 19.5 Å². The highest BCUT2D eigenvalue weighted by Gasteiger charge is 2.26. The Morgan fingerprint density at radius 3 is 3.09 bits per heavy atom. The number of rotatable bonds is 3. The van der Waals surface area contributed by atoms with Crippen molar-refractivity contribution >= 4 is 5.91 Å². The van der Waals surface area contributed by atoms with E-state index in [0.29, 0.717) is 24.0 Å². The van der Waals surface area contributed by atoms with Gasteiger partial charge < -0.3 is 9.47 Å². The average Bonchev–Trinajstić information content (AvgIpc) is 2.99. The Balaban J connectivity index is 1.76. The van der Waals surface area contributed by atoms with Gasteiger partial charge >= 0.3 is 0 Å². The highest BCUT2D eigenvalue weighted by Crippen LogP contribution is 2.27. The Morgan fingerprint density at radius 1 is 1.50 bits per heavy atom. The van der Waals surface area contributed by atoms with Gasteiger partial charge in [0.1, 0.15) is 12.4 Å². The van der Waals surface area contributed by atoms with Crippen LogP contribution in [0.4, 0.5) is 0 Å². The molecule has 1 amide bonds. The van der Waals surface area contributed by atoms with E-state index in [1.165, 1.54) is 0 Å². The van der Waals surface area contributed by atoms with Gasteiger partial charge in [0.05, 0.1) is 6.10 Å². The number of amides is 1. The van der Waals surface area contributed by atoms with Crippen molar-refractivity contribution in [1.82, 2.24) is 10.4 Å². The third-order valence-electron chi connectivity index (χ3n) is 4.37. The Labute approximate surface area is 130 Å². The molecule has 1 unspecified atom stereocenters. The molecular formula is C16H22N2O4. The maximum atomic E-state index is 11.5. The number of nitrogens with zero attached hydrogens (tertiary/aromatic N) is 1. The van der Waals surface area contributed by atoms with Gasteiger partial charge in [0.2, 0.25) is 0 Å². The average molecular weight is 306 g/mol. The molecule has 0 bridgehead atoms. The minimum absolute atomic E-state index is 0.284. The summed E-state index contributed by atoms with van der Waals surface area (Å²) in [6, 6.07) is 5.56. The van der Waals surface area contributed by atoms with Crippen LogP contribution >= 0.6 is 0 Å². The van der Waals surface area contributed by atoms with E-state index in [4.69, 9.17) is 14.7 Å². The minimum atomic E-state index is -0.528. The zero-order valence-electron chi connectivity index (χ0n) is 12.7. The fourth-order valence-electron chi connectivity index (χ4n) is 3.01. The molecule has 6 heteroatoms. The number of hydroxylamine groups is 1. The Kier molecular flexibility index (Phi) is 4.61. The van der Waals surface area contributed by atoms with Crippen LogP contribution in [0.5, 0.6) is 5.75 Å². The Hall–Kier alpha value is -1.63. The lowest BCUT2D eigenvalue weighted by atomic mass is 10.1. The second kappa shape index (κ2) is 6.64. The predicted molar refractivity (Wildman–Crippen MR) is 80.0 cm³/mol. The minimum Gasteiger partial charge on any atom is -0.492 e. The Morgan fingerprint density at radius 2 is 2.36 bits per heavy atom. The number of carbonyl (C=O) groups is 1. The third-order valence-corrected chi connectivity index (χ3v) is 4.37. The van der Waals surface area contributed by atoms with E-state index in [9.17, 15) is 4.79 Å². The molecule has 120 valence electrons. The topological polar surface area (TPSA) is 71.0 Å². The van der Waals surface area contributed by atoms with E-state index >= 15 is 0 Å². The normalized spacial score (nSPS) is 25.2. The van der Waals surface area contributed by atoms with E-state index < -0.39 is 5.91 Å². The van der Waals surface area contributed by atoms with Crippen molar-refractivity contribution in [3.8, 4) is 5.75 Å². The lowest BCUT2D eigenvalue weighted by Gasteiger charge is -2.28. The number of ether oxygens (including phenoxy) is 2. The van der Waals surface area contributed by atoms with Crippen molar-refractivity contribution in [2.75, 3.05) is 19.8 Å². The molecule has 0 saturated carbocycles. The molecule has 2 N–H and O–H groups in total. The number of nitrogens with one attached hydrogen (secondary N) is 1. The van der Waals surface area contributed by atoms with Gasteiger partial charge in [-0.3, -0.25) is 14.9 Å². The van der Waals surface area contributed by atoms with Crippen LogP contribution < -0.4 is 10.2 Å². The number of hydrogen-bond donors (Lipinski definition) is 2. The molecule has 2 aliphatic heterocycles. The largest absolute Gasteiger partial charge is 0.492 e. The summed E-state index contributed by atoms with van der Waals surface area (Å²) >= 11 is 0. The third kappa shape index (κ3) is 3.24. The van der Waals surface area contributed by atoms with E-state index in [0.717, 1.165) is 38.1 Å². The summed E-state index contributed by atoms with van der Waals surface area (Å²) in [5.41, 5.74) is 3.09. The van der Waals surface area contributed by atoms with Crippen LogP contribution in [0.25, 0.3) is 0 Å². The molecule has 0 spiro atoms. The van der Waals surface area contributed by atoms with Crippen LogP contribution in [0, 0.1) is 0 Å². The van der Waals surface area contributed by atoms with Crippen molar-refractivity contribution in [2.45, 2.75) is 38.5 Å². The van der Waals surface area contributed by atoms with Crippen molar-refractivity contribution in [3.63, 3.8) is 0 Å². The number of benzene rings is 1. The van der Waals surface area contributed by atoms with Crippen molar-refractivity contribution in [1.29, 1.82) is 0 Å². The molecule has 2 aliphatic rings. The molecule has 1 saturated heterocycles. The molecule has 1 aromatic rings. The van der Waals surface area contributed by atoms with Crippen molar-refractivity contribution in [2.24, 2.45) is 0 Å². The smallest absolute Gasteiger partial charge is 0.274 e.